The average Bonchev–Trinajstić information content (AvgIpc) is 2.63. The standard InChI is InChI=1S/C12H15BrN4/c1-8(2)12-9(7-17(3)16-12)4-11-14-5-10(13)6-15-11/h5-8H,4H2,1-3H3. The molecule has 0 amide bonds. The third-order valence-corrected chi connectivity index (χ3v) is 2.92. The van der Waals surface area contributed by atoms with Crippen LogP contribution in [0, 0.1) is 0 Å². The molecule has 2 heterocycles. The lowest BCUT2D eigenvalue weighted by atomic mass is 10.0. The van der Waals surface area contributed by atoms with E-state index in [1.54, 1.807) is 12.4 Å². The van der Waals surface area contributed by atoms with Crippen molar-refractivity contribution in [1.29, 1.82) is 0 Å². The molecule has 90 valence electrons. The number of rotatable bonds is 3. The smallest absolute Gasteiger partial charge is 0.132 e. The molecule has 5 heteroatoms. The highest BCUT2D eigenvalue weighted by Gasteiger charge is 2.12. The van der Waals surface area contributed by atoms with Gasteiger partial charge in [-0.25, -0.2) is 9.97 Å². The fourth-order valence-corrected chi connectivity index (χ4v) is 1.98. The first-order valence-electron chi connectivity index (χ1n) is 5.55. The highest BCUT2D eigenvalue weighted by atomic mass is 79.9. The number of hydrogen-bond acceptors (Lipinski definition) is 3. The Bertz CT molecular complexity index is 502. The molecule has 0 N–H and O–H groups in total. The summed E-state index contributed by atoms with van der Waals surface area (Å²) in [6, 6.07) is 0. The molecule has 0 aliphatic carbocycles. The van der Waals surface area contributed by atoms with Gasteiger partial charge in [-0.15, -0.1) is 0 Å². The topological polar surface area (TPSA) is 43.6 Å². The highest BCUT2D eigenvalue weighted by molar-refractivity contribution is 9.10. The van der Waals surface area contributed by atoms with Gasteiger partial charge in [0.2, 0.25) is 0 Å². The first-order chi connectivity index (χ1) is 8.06. The van der Waals surface area contributed by atoms with Crippen LogP contribution >= 0.6 is 15.9 Å². The van der Waals surface area contributed by atoms with E-state index in [1.165, 1.54) is 5.56 Å². The predicted octanol–water partition coefficient (Wildman–Crippen LogP) is 2.69. The van der Waals surface area contributed by atoms with Gasteiger partial charge in [0.05, 0.1) is 10.2 Å². The Morgan fingerprint density at radius 2 is 1.94 bits per heavy atom. The summed E-state index contributed by atoms with van der Waals surface area (Å²) >= 11 is 3.33. The minimum atomic E-state index is 0.418. The van der Waals surface area contributed by atoms with E-state index in [2.05, 4.69) is 44.8 Å². The van der Waals surface area contributed by atoms with Crippen LogP contribution in [-0.2, 0) is 13.5 Å². The van der Waals surface area contributed by atoms with E-state index in [9.17, 15) is 0 Å². The molecule has 0 aliphatic rings. The van der Waals surface area contributed by atoms with E-state index < -0.39 is 0 Å². The molecular weight excluding hydrogens is 280 g/mol. The summed E-state index contributed by atoms with van der Waals surface area (Å²) < 4.78 is 2.75. The molecule has 2 rings (SSSR count). The Morgan fingerprint density at radius 3 is 2.53 bits per heavy atom. The van der Waals surface area contributed by atoms with Gasteiger partial charge in [-0.05, 0) is 21.8 Å². The Kier molecular flexibility index (Phi) is 3.57. The molecule has 0 unspecified atom stereocenters. The summed E-state index contributed by atoms with van der Waals surface area (Å²) in [7, 11) is 1.94. The molecule has 17 heavy (non-hydrogen) atoms. The molecule has 0 radical (unpaired) electrons. The molecule has 0 atom stereocenters. The van der Waals surface area contributed by atoms with Crippen LogP contribution in [0.4, 0.5) is 0 Å². The molecule has 0 bridgehead atoms. The number of hydrogen-bond donors (Lipinski definition) is 0. The minimum Gasteiger partial charge on any atom is -0.275 e. The van der Waals surface area contributed by atoms with E-state index in [0.717, 1.165) is 22.4 Å². The molecule has 0 saturated heterocycles. The van der Waals surface area contributed by atoms with E-state index in [1.807, 2.05) is 17.9 Å². The van der Waals surface area contributed by atoms with Crippen molar-refractivity contribution in [3.63, 3.8) is 0 Å². The van der Waals surface area contributed by atoms with Crippen LogP contribution in [-0.4, -0.2) is 19.7 Å². The van der Waals surface area contributed by atoms with Gasteiger partial charge in [-0.2, -0.15) is 5.10 Å². The van der Waals surface area contributed by atoms with Gasteiger partial charge in [0.25, 0.3) is 0 Å². The zero-order chi connectivity index (χ0) is 12.4. The molecule has 0 aromatic carbocycles. The van der Waals surface area contributed by atoms with Crippen molar-refractivity contribution in [2.45, 2.75) is 26.2 Å². The zero-order valence-corrected chi connectivity index (χ0v) is 11.8. The van der Waals surface area contributed by atoms with Crippen molar-refractivity contribution >= 4 is 15.9 Å². The summed E-state index contributed by atoms with van der Waals surface area (Å²) in [6.45, 7) is 4.29. The molecule has 0 spiro atoms. The second-order valence-corrected chi connectivity index (χ2v) is 5.28. The van der Waals surface area contributed by atoms with Crippen LogP contribution in [0.15, 0.2) is 23.1 Å². The average molecular weight is 295 g/mol. The summed E-state index contributed by atoms with van der Waals surface area (Å²) in [4.78, 5) is 8.58. The van der Waals surface area contributed by atoms with Gasteiger partial charge in [0, 0.05) is 37.6 Å². The highest BCUT2D eigenvalue weighted by Crippen LogP contribution is 2.19. The predicted molar refractivity (Wildman–Crippen MR) is 69.8 cm³/mol. The fraction of sp³-hybridized carbons (Fsp3) is 0.417. The van der Waals surface area contributed by atoms with Gasteiger partial charge in [-0.1, -0.05) is 13.8 Å². The summed E-state index contributed by atoms with van der Waals surface area (Å²) in [6.07, 6.45) is 6.32. The summed E-state index contributed by atoms with van der Waals surface area (Å²) in [5.41, 5.74) is 2.32. The molecular formula is C12H15BrN4. The van der Waals surface area contributed by atoms with Gasteiger partial charge in [0.1, 0.15) is 5.82 Å². The van der Waals surface area contributed by atoms with E-state index in [4.69, 9.17) is 0 Å². The Balaban J connectivity index is 2.26. The number of nitrogens with zero attached hydrogens (tertiary/aromatic N) is 4. The summed E-state index contributed by atoms with van der Waals surface area (Å²) in [5.74, 6) is 1.24. The molecule has 2 aromatic heterocycles. The summed E-state index contributed by atoms with van der Waals surface area (Å²) in [5, 5.41) is 4.48. The Morgan fingerprint density at radius 1 is 1.29 bits per heavy atom. The van der Waals surface area contributed by atoms with E-state index in [-0.39, 0.29) is 0 Å². The lowest BCUT2D eigenvalue weighted by Gasteiger charge is -2.04. The largest absolute Gasteiger partial charge is 0.275 e. The Labute approximate surface area is 109 Å². The maximum Gasteiger partial charge on any atom is 0.132 e. The SMILES string of the molecule is CC(C)c1nn(C)cc1Cc1ncc(Br)cn1. The van der Waals surface area contributed by atoms with Crippen molar-refractivity contribution in [3.8, 4) is 0 Å². The molecule has 0 saturated carbocycles. The van der Waals surface area contributed by atoms with Gasteiger partial charge < -0.3 is 0 Å². The van der Waals surface area contributed by atoms with Gasteiger partial charge in [0.15, 0.2) is 0 Å². The van der Waals surface area contributed by atoms with Crippen LogP contribution in [0.2, 0.25) is 0 Å². The van der Waals surface area contributed by atoms with Crippen LogP contribution in [0.5, 0.6) is 0 Å². The number of halogens is 1. The van der Waals surface area contributed by atoms with Crippen molar-refractivity contribution in [2.24, 2.45) is 7.05 Å². The normalized spacial score (nSPS) is 11.1. The van der Waals surface area contributed by atoms with Crippen molar-refractivity contribution in [3.05, 3.63) is 40.1 Å². The zero-order valence-electron chi connectivity index (χ0n) is 10.2. The maximum absolute atomic E-state index is 4.48. The van der Waals surface area contributed by atoms with Gasteiger partial charge >= 0.3 is 0 Å². The third kappa shape index (κ3) is 2.91. The van der Waals surface area contributed by atoms with E-state index in [0.29, 0.717) is 5.92 Å². The third-order valence-electron chi connectivity index (χ3n) is 2.51. The maximum atomic E-state index is 4.48. The van der Waals surface area contributed by atoms with E-state index >= 15 is 0 Å². The van der Waals surface area contributed by atoms with Crippen molar-refractivity contribution < 1.29 is 0 Å². The first-order valence-corrected chi connectivity index (χ1v) is 6.34. The molecule has 0 fully saturated rings. The second-order valence-electron chi connectivity index (χ2n) is 4.36. The van der Waals surface area contributed by atoms with Gasteiger partial charge in [-0.3, -0.25) is 4.68 Å². The lowest BCUT2D eigenvalue weighted by molar-refractivity contribution is 0.711. The first kappa shape index (κ1) is 12.2. The van der Waals surface area contributed by atoms with Crippen molar-refractivity contribution in [2.75, 3.05) is 0 Å². The fourth-order valence-electron chi connectivity index (χ4n) is 1.78. The lowest BCUT2D eigenvalue weighted by Crippen LogP contribution is -1.99. The quantitative estimate of drug-likeness (QED) is 0.874. The Hall–Kier alpha value is -1.23. The monoisotopic (exact) mass is 294 g/mol. The minimum absolute atomic E-state index is 0.418. The van der Waals surface area contributed by atoms with Crippen LogP contribution < -0.4 is 0 Å². The number of aryl methyl sites for hydroxylation is 1. The molecule has 0 aliphatic heterocycles. The molecule has 4 nitrogen and oxygen atoms in total. The molecule has 2 aromatic rings. The van der Waals surface area contributed by atoms with Crippen molar-refractivity contribution in [1.82, 2.24) is 19.7 Å². The van der Waals surface area contributed by atoms with Crippen LogP contribution in [0.1, 0.15) is 36.8 Å². The van der Waals surface area contributed by atoms with Crippen LogP contribution in [0.3, 0.4) is 0 Å². The van der Waals surface area contributed by atoms with Crippen LogP contribution in [0.25, 0.3) is 0 Å². The second kappa shape index (κ2) is 4.96. The number of aromatic nitrogens is 4.